The Hall–Kier alpha value is -1.06. The molecule has 106 valence electrons. The summed E-state index contributed by atoms with van der Waals surface area (Å²) < 4.78 is 0. The highest BCUT2D eigenvalue weighted by Crippen LogP contribution is 2.20. The van der Waals surface area contributed by atoms with Gasteiger partial charge in [-0.2, -0.15) is 0 Å². The third-order valence-electron chi connectivity index (χ3n) is 4.07. The number of anilines is 1. The summed E-state index contributed by atoms with van der Waals surface area (Å²) in [6, 6.07) is 11.4. The van der Waals surface area contributed by atoms with Gasteiger partial charge in [-0.25, -0.2) is 0 Å². The lowest BCUT2D eigenvalue weighted by Gasteiger charge is -2.36. The zero-order valence-electron chi connectivity index (χ0n) is 12.0. The summed E-state index contributed by atoms with van der Waals surface area (Å²) in [4.78, 5) is 2.45. The van der Waals surface area contributed by atoms with E-state index in [-0.39, 0.29) is 12.6 Å². The molecule has 2 rings (SSSR count). The normalized spacial score (nSPS) is 18.8. The maximum atomic E-state index is 9.38. The zero-order chi connectivity index (χ0) is 13.7. The predicted molar refractivity (Wildman–Crippen MR) is 80.5 cm³/mol. The van der Waals surface area contributed by atoms with Crippen molar-refractivity contribution < 1.29 is 5.11 Å². The fourth-order valence-electron chi connectivity index (χ4n) is 2.70. The van der Waals surface area contributed by atoms with Crippen LogP contribution in [0.4, 0.5) is 5.69 Å². The van der Waals surface area contributed by atoms with E-state index in [9.17, 15) is 5.11 Å². The minimum absolute atomic E-state index is 0.230. The van der Waals surface area contributed by atoms with Crippen LogP contribution in [0.3, 0.4) is 0 Å². The minimum atomic E-state index is 0.230. The van der Waals surface area contributed by atoms with Crippen molar-refractivity contribution in [3.8, 4) is 0 Å². The highest BCUT2D eigenvalue weighted by molar-refractivity contribution is 5.46. The molecule has 1 unspecified atom stereocenters. The van der Waals surface area contributed by atoms with E-state index in [4.69, 9.17) is 0 Å². The number of hydrogen-bond acceptors (Lipinski definition) is 3. The van der Waals surface area contributed by atoms with Gasteiger partial charge >= 0.3 is 0 Å². The van der Waals surface area contributed by atoms with Crippen molar-refractivity contribution in [2.75, 3.05) is 24.6 Å². The van der Waals surface area contributed by atoms with Crippen molar-refractivity contribution in [3.05, 3.63) is 30.3 Å². The molecule has 0 spiro atoms. The largest absolute Gasteiger partial charge is 0.395 e. The maximum Gasteiger partial charge on any atom is 0.0587 e. The second-order valence-corrected chi connectivity index (χ2v) is 5.80. The van der Waals surface area contributed by atoms with Gasteiger partial charge in [0.2, 0.25) is 0 Å². The van der Waals surface area contributed by atoms with E-state index in [1.54, 1.807) is 0 Å². The van der Waals surface area contributed by atoms with Crippen LogP contribution in [-0.4, -0.2) is 36.9 Å². The zero-order valence-corrected chi connectivity index (χ0v) is 12.0. The van der Waals surface area contributed by atoms with E-state index in [0.29, 0.717) is 12.0 Å². The van der Waals surface area contributed by atoms with E-state index >= 15 is 0 Å². The average molecular weight is 262 g/mol. The second-order valence-electron chi connectivity index (χ2n) is 5.80. The fourth-order valence-corrected chi connectivity index (χ4v) is 2.70. The van der Waals surface area contributed by atoms with Crippen molar-refractivity contribution in [2.24, 2.45) is 5.92 Å². The lowest BCUT2D eigenvalue weighted by Crippen LogP contribution is -2.49. The van der Waals surface area contributed by atoms with Gasteiger partial charge in [-0.05, 0) is 30.9 Å². The van der Waals surface area contributed by atoms with E-state index in [2.05, 4.69) is 54.4 Å². The van der Waals surface area contributed by atoms with Gasteiger partial charge in [-0.3, -0.25) is 0 Å². The van der Waals surface area contributed by atoms with Gasteiger partial charge in [0.25, 0.3) is 0 Å². The topological polar surface area (TPSA) is 35.5 Å². The Morgan fingerprint density at radius 3 is 2.37 bits per heavy atom. The van der Waals surface area contributed by atoms with Crippen LogP contribution < -0.4 is 10.2 Å². The molecule has 1 aromatic rings. The molecule has 19 heavy (non-hydrogen) atoms. The molecule has 0 amide bonds. The van der Waals surface area contributed by atoms with Crippen molar-refractivity contribution >= 4 is 5.69 Å². The van der Waals surface area contributed by atoms with Gasteiger partial charge in [0.1, 0.15) is 0 Å². The number of nitrogens with zero attached hydrogens (tertiary/aromatic N) is 1. The van der Waals surface area contributed by atoms with Crippen molar-refractivity contribution in [3.63, 3.8) is 0 Å². The third-order valence-corrected chi connectivity index (χ3v) is 4.07. The molecule has 0 aromatic heterocycles. The van der Waals surface area contributed by atoms with Crippen molar-refractivity contribution in [1.29, 1.82) is 0 Å². The molecule has 3 nitrogen and oxygen atoms in total. The van der Waals surface area contributed by atoms with Gasteiger partial charge in [0.05, 0.1) is 6.61 Å². The average Bonchev–Trinajstić information content (AvgIpc) is 2.46. The lowest BCUT2D eigenvalue weighted by atomic mass is 9.99. The summed E-state index contributed by atoms with van der Waals surface area (Å²) in [6.45, 7) is 6.74. The lowest BCUT2D eigenvalue weighted by molar-refractivity contribution is 0.192. The Labute approximate surface area is 116 Å². The quantitative estimate of drug-likeness (QED) is 0.854. The number of aliphatic hydroxyl groups is 1. The molecule has 1 aromatic carbocycles. The number of rotatable bonds is 5. The van der Waals surface area contributed by atoms with Crippen LogP contribution in [0.2, 0.25) is 0 Å². The highest BCUT2D eigenvalue weighted by atomic mass is 16.3. The van der Waals surface area contributed by atoms with Crippen LogP contribution in [0.5, 0.6) is 0 Å². The SMILES string of the molecule is CC(C)C(CO)NC1CCN(c2ccccc2)CC1. The van der Waals surface area contributed by atoms with E-state index in [1.807, 2.05) is 0 Å². The number of aliphatic hydroxyl groups excluding tert-OH is 1. The van der Waals surface area contributed by atoms with Crippen LogP contribution in [0.1, 0.15) is 26.7 Å². The van der Waals surface area contributed by atoms with Gasteiger partial charge in [0, 0.05) is 30.9 Å². The molecule has 1 saturated heterocycles. The number of para-hydroxylation sites is 1. The minimum Gasteiger partial charge on any atom is -0.395 e. The summed E-state index contributed by atoms with van der Waals surface area (Å²) in [5.74, 6) is 0.483. The standard InChI is InChI=1S/C16H26N2O/c1-13(2)16(12-19)17-14-8-10-18(11-9-14)15-6-4-3-5-7-15/h3-7,13-14,16-17,19H,8-12H2,1-2H3. The molecule has 1 atom stereocenters. The molecular weight excluding hydrogens is 236 g/mol. The number of hydrogen-bond donors (Lipinski definition) is 2. The Morgan fingerprint density at radius 1 is 1.21 bits per heavy atom. The summed E-state index contributed by atoms with van der Waals surface area (Å²) in [7, 11) is 0. The number of benzene rings is 1. The summed E-state index contributed by atoms with van der Waals surface area (Å²) in [5.41, 5.74) is 1.32. The smallest absolute Gasteiger partial charge is 0.0587 e. The molecule has 1 aliphatic heterocycles. The van der Waals surface area contributed by atoms with Crippen LogP contribution >= 0.6 is 0 Å². The summed E-state index contributed by atoms with van der Waals surface area (Å²) >= 11 is 0. The summed E-state index contributed by atoms with van der Waals surface area (Å²) in [6.07, 6.45) is 2.30. The van der Waals surface area contributed by atoms with Gasteiger partial charge in [-0.15, -0.1) is 0 Å². The number of piperidine rings is 1. The maximum absolute atomic E-state index is 9.38. The van der Waals surface area contributed by atoms with Crippen LogP contribution in [-0.2, 0) is 0 Å². The Morgan fingerprint density at radius 2 is 1.84 bits per heavy atom. The van der Waals surface area contributed by atoms with Gasteiger partial charge < -0.3 is 15.3 Å². The monoisotopic (exact) mass is 262 g/mol. The Bertz CT molecular complexity index is 358. The first-order valence-electron chi connectivity index (χ1n) is 7.37. The molecule has 2 N–H and O–H groups in total. The summed E-state index contributed by atoms with van der Waals surface area (Å²) in [5, 5.41) is 13.0. The molecule has 1 heterocycles. The molecule has 3 heteroatoms. The first-order valence-corrected chi connectivity index (χ1v) is 7.37. The third kappa shape index (κ3) is 3.95. The molecular formula is C16H26N2O. The van der Waals surface area contributed by atoms with Crippen LogP contribution in [0, 0.1) is 5.92 Å². The molecule has 0 radical (unpaired) electrons. The second kappa shape index (κ2) is 6.92. The van der Waals surface area contributed by atoms with Gasteiger partial charge in [0.15, 0.2) is 0 Å². The van der Waals surface area contributed by atoms with Crippen LogP contribution in [0.15, 0.2) is 30.3 Å². The predicted octanol–water partition coefficient (Wildman–Crippen LogP) is 2.26. The Kier molecular flexibility index (Phi) is 5.23. The molecule has 0 bridgehead atoms. The van der Waals surface area contributed by atoms with Crippen molar-refractivity contribution in [2.45, 2.75) is 38.8 Å². The number of nitrogens with one attached hydrogen (secondary N) is 1. The molecule has 1 fully saturated rings. The van der Waals surface area contributed by atoms with Crippen molar-refractivity contribution in [1.82, 2.24) is 5.32 Å². The van der Waals surface area contributed by atoms with Crippen LogP contribution in [0.25, 0.3) is 0 Å². The van der Waals surface area contributed by atoms with E-state index in [0.717, 1.165) is 25.9 Å². The first-order chi connectivity index (χ1) is 9.20. The fraction of sp³-hybridized carbons (Fsp3) is 0.625. The van der Waals surface area contributed by atoms with E-state index in [1.165, 1.54) is 5.69 Å². The first kappa shape index (κ1) is 14.4. The molecule has 1 aliphatic rings. The Balaban J connectivity index is 1.82. The highest BCUT2D eigenvalue weighted by Gasteiger charge is 2.22. The van der Waals surface area contributed by atoms with E-state index < -0.39 is 0 Å². The van der Waals surface area contributed by atoms with Gasteiger partial charge in [-0.1, -0.05) is 32.0 Å². The molecule has 0 aliphatic carbocycles. The molecule has 0 saturated carbocycles.